The molecule has 8 heteroatoms. The number of carbonyl (C=O) groups is 2. The number of fused-ring (bicyclic) bond motifs is 1. The minimum Gasteiger partial charge on any atom is -0.347 e. The number of amides is 2. The lowest BCUT2D eigenvalue weighted by atomic mass is 9.82. The Morgan fingerprint density at radius 2 is 1.82 bits per heavy atom. The van der Waals surface area contributed by atoms with E-state index in [0.29, 0.717) is 22.9 Å². The third kappa shape index (κ3) is 4.75. The first-order valence-electron chi connectivity index (χ1n) is 13.2. The molecule has 200 valence electrons. The molecule has 3 aliphatic rings. The predicted molar refractivity (Wildman–Crippen MR) is 155 cm³/mol. The highest BCUT2D eigenvalue weighted by Crippen LogP contribution is 2.53. The maximum atomic E-state index is 14.0. The van der Waals surface area contributed by atoms with Crippen molar-refractivity contribution in [3.8, 4) is 0 Å². The van der Waals surface area contributed by atoms with Gasteiger partial charge in [-0.15, -0.1) is 0 Å². The van der Waals surface area contributed by atoms with Crippen LogP contribution in [0.25, 0.3) is 0 Å². The van der Waals surface area contributed by atoms with Gasteiger partial charge in [0.05, 0.1) is 11.6 Å². The van der Waals surface area contributed by atoms with Gasteiger partial charge in [0.2, 0.25) is 5.91 Å². The molecular formula is C30H35ClN4O2S. The summed E-state index contributed by atoms with van der Waals surface area (Å²) < 4.78 is 0. The monoisotopic (exact) mass is 550 g/mol. The summed E-state index contributed by atoms with van der Waals surface area (Å²) in [6.07, 6.45) is 2.30. The second-order valence-corrected chi connectivity index (χ2v) is 12.5. The second kappa shape index (κ2) is 10.4. The van der Waals surface area contributed by atoms with Crippen LogP contribution in [0.2, 0.25) is 5.02 Å². The molecule has 3 atom stereocenters. The van der Waals surface area contributed by atoms with Crippen LogP contribution in [0.15, 0.2) is 70.2 Å². The van der Waals surface area contributed by atoms with Crippen molar-refractivity contribution in [2.75, 3.05) is 20.6 Å². The number of hydrogen-bond donors (Lipinski definition) is 0. The number of rotatable bonds is 6. The maximum absolute atomic E-state index is 14.0. The molecule has 0 saturated carbocycles. The largest absolute Gasteiger partial charge is 0.347 e. The summed E-state index contributed by atoms with van der Waals surface area (Å²) in [7, 11) is 3.50. The fourth-order valence-corrected chi connectivity index (χ4v) is 7.48. The van der Waals surface area contributed by atoms with E-state index in [2.05, 4.69) is 62.1 Å². The fourth-order valence-electron chi connectivity index (χ4n) is 5.98. The van der Waals surface area contributed by atoms with E-state index in [4.69, 9.17) is 16.6 Å². The molecule has 0 aliphatic carbocycles. The van der Waals surface area contributed by atoms with E-state index in [0.717, 1.165) is 29.3 Å². The molecule has 1 fully saturated rings. The van der Waals surface area contributed by atoms with Gasteiger partial charge in [-0.1, -0.05) is 67.9 Å². The highest BCUT2D eigenvalue weighted by atomic mass is 35.5. The number of likely N-dealkylation sites (N-methyl/N-ethyl adjacent to an activating group) is 1. The topological polar surface area (TPSA) is 56.2 Å². The molecule has 0 unspecified atom stereocenters. The normalized spacial score (nSPS) is 24.8. The van der Waals surface area contributed by atoms with Gasteiger partial charge in [-0.25, -0.2) is 0 Å². The molecular weight excluding hydrogens is 516 g/mol. The highest BCUT2D eigenvalue weighted by Gasteiger charge is 2.53. The van der Waals surface area contributed by atoms with Crippen LogP contribution < -0.4 is 0 Å². The van der Waals surface area contributed by atoms with Gasteiger partial charge in [-0.2, -0.15) is 0 Å². The molecule has 0 bridgehead atoms. The zero-order valence-corrected chi connectivity index (χ0v) is 24.2. The Kier molecular flexibility index (Phi) is 7.35. The number of allylic oxidation sites excluding steroid dienone is 1. The second-order valence-electron chi connectivity index (χ2n) is 11.1. The zero-order chi connectivity index (χ0) is 27.2. The standard InChI is InChI=1S/C30H35ClN4O2S/c1-19(2)24-25(28(37)34-17-9-12-23(34)27(36)33(4)5)38-29-32-30(3,18-20-10-7-6-8-11-20)26(35(24)29)21-13-15-22(31)16-14-21/h6-8,10-11,13-16,19,23,26H,9,12,17-18H2,1-5H3/t23-,26+,30-/m0/s1. The lowest BCUT2D eigenvalue weighted by molar-refractivity contribution is -0.140. The quantitative estimate of drug-likeness (QED) is 0.460. The average molecular weight is 551 g/mol. The summed E-state index contributed by atoms with van der Waals surface area (Å²) >= 11 is 7.73. The highest BCUT2D eigenvalue weighted by molar-refractivity contribution is 8.18. The summed E-state index contributed by atoms with van der Waals surface area (Å²) in [4.78, 5) is 38.6. The van der Waals surface area contributed by atoms with Gasteiger partial charge in [0.15, 0.2) is 5.17 Å². The molecule has 2 aromatic carbocycles. The van der Waals surface area contributed by atoms with Gasteiger partial charge >= 0.3 is 0 Å². The number of hydrogen-bond acceptors (Lipinski definition) is 5. The number of aliphatic imine (C=N–C) groups is 1. The van der Waals surface area contributed by atoms with Crippen molar-refractivity contribution in [3.63, 3.8) is 0 Å². The lowest BCUT2D eigenvalue weighted by Gasteiger charge is -2.37. The number of benzene rings is 2. The third-order valence-electron chi connectivity index (χ3n) is 7.66. The van der Waals surface area contributed by atoms with Gasteiger partial charge in [0.25, 0.3) is 5.91 Å². The summed E-state index contributed by atoms with van der Waals surface area (Å²) in [6.45, 7) is 7.06. The van der Waals surface area contributed by atoms with E-state index in [1.807, 2.05) is 18.2 Å². The number of thioether (sulfide) groups is 1. The van der Waals surface area contributed by atoms with Crippen LogP contribution in [0.1, 0.15) is 50.8 Å². The predicted octanol–water partition coefficient (Wildman–Crippen LogP) is 5.75. The molecule has 38 heavy (non-hydrogen) atoms. The Morgan fingerprint density at radius 3 is 2.45 bits per heavy atom. The van der Waals surface area contributed by atoms with Crippen LogP contribution in [0.3, 0.4) is 0 Å². The van der Waals surface area contributed by atoms with Crippen molar-refractivity contribution >= 4 is 40.3 Å². The van der Waals surface area contributed by atoms with E-state index in [-0.39, 0.29) is 23.8 Å². The Hall–Kier alpha value is -2.77. The van der Waals surface area contributed by atoms with Gasteiger partial charge < -0.3 is 14.7 Å². The molecule has 6 nitrogen and oxygen atoms in total. The van der Waals surface area contributed by atoms with Crippen LogP contribution in [0.4, 0.5) is 0 Å². The fraction of sp³-hybridized carbons (Fsp3) is 0.433. The smallest absolute Gasteiger partial charge is 0.263 e. The van der Waals surface area contributed by atoms with Crippen LogP contribution in [0.5, 0.6) is 0 Å². The van der Waals surface area contributed by atoms with E-state index < -0.39 is 11.6 Å². The van der Waals surface area contributed by atoms with Gasteiger partial charge in [-0.3, -0.25) is 14.6 Å². The van der Waals surface area contributed by atoms with E-state index in [1.165, 1.54) is 17.3 Å². The van der Waals surface area contributed by atoms with Crippen molar-refractivity contribution in [2.45, 2.75) is 57.7 Å². The van der Waals surface area contributed by atoms with E-state index >= 15 is 0 Å². The Bertz CT molecular complexity index is 1290. The third-order valence-corrected chi connectivity index (χ3v) is 8.97. The minimum atomic E-state index is -0.441. The number of halogens is 1. The molecule has 2 aromatic rings. The van der Waals surface area contributed by atoms with E-state index in [9.17, 15) is 9.59 Å². The van der Waals surface area contributed by atoms with Crippen molar-refractivity contribution in [1.82, 2.24) is 14.7 Å². The Morgan fingerprint density at radius 1 is 1.13 bits per heavy atom. The van der Waals surface area contributed by atoms with Crippen LogP contribution >= 0.6 is 23.4 Å². The average Bonchev–Trinajstić information content (AvgIpc) is 3.56. The first-order chi connectivity index (χ1) is 18.1. The summed E-state index contributed by atoms with van der Waals surface area (Å²) in [5.41, 5.74) is 2.88. The summed E-state index contributed by atoms with van der Waals surface area (Å²) in [6, 6.07) is 17.9. The van der Waals surface area contributed by atoms with Crippen molar-refractivity contribution in [1.29, 1.82) is 0 Å². The van der Waals surface area contributed by atoms with E-state index in [1.54, 1.807) is 23.9 Å². The lowest BCUT2D eigenvalue weighted by Crippen LogP contribution is -2.46. The molecule has 3 heterocycles. The van der Waals surface area contributed by atoms with Crippen LogP contribution in [-0.4, -0.2) is 63.9 Å². The van der Waals surface area contributed by atoms with Crippen LogP contribution in [0, 0.1) is 5.92 Å². The zero-order valence-electron chi connectivity index (χ0n) is 22.6. The Labute approximate surface area is 234 Å². The first-order valence-corrected chi connectivity index (χ1v) is 14.4. The molecule has 1 saturated heterocycles. The first kappa shape index (κ1) is 26.8. The minimum absolute atomic E-state index is 0.0159. The molecule has 0 aromatic heterocycles. The number of likely N-dealkylation sites (tertiary alicyclic amines) is 1. The Balaban J connectivity index is 1.56. The van der Waals surface area contributed by atoms with Gasteiger partial charge in [0.1, 0.15) is 10.9 Å². The molecule has 0 N–H and O–H groups in total. The number of amidine groups is 1. The molecule has 3 aliphatic heterocycles. The summed E-state index contributed by atoms with van der Waals surface area (Å²) in [5, 5.41) is 1.54. The van der Waals surface area contributed by atoms with Crippen LogP contribution in [-0.2, 0) is 16.0 Å². The SMILES string of the molecule is CC(C)C1=C(C(=O)N2CCC[C@H]2C(=O)N(C)C)SC2=N[C@@](C)(Cc3ccccc3)[C@@H](c3ccc(Cl)cc3)N21. The van der Waals surface area contributed by atoms with Crippen molar-refractivity contribution in [2.24, 2.45) is 10.9 Å². The molecule has 2 amide bonds. The number of nitrogens with zero attached hydrogens (tertiary/aromatic N) is 4. The molecule has 5 rings (SSSR count). The summed E-state index contributed by atoms with van der Waals surface area (Å²) in [5.74, 6) is 0.0135. The molecule has 0 radical (unpaired) electrons. The van der Waals surface area contributed by atoms with Crippen molar-refractivity contribution in [3.05, 3.63) is 81.3 Å². The van der Waals surface area contributed by atoms with Crippen molar-refractivity contribution < 1.29 is 9.59 Å². The molecule has 0 spiro atoms. The van der Waals surface area contributed by atoms with Gasteiger partial charge in [0, 0.05) is 31.4 Å². The number of carbonyl (C=O) groups excluding carboxylic acids is 2. The van der Waals surface area contributed by atoms with Gasteiger partial charge in [-0.05, 0) is 67.1 Å². The maximum Gasteiger partial charge on any atom is 0.263 e.